The van der Waals surface area contributed by atoms with Crippen LogP contribution in [0.5, 0.6) is 0 Å². The molecular weight excluding hydrogens is 244 g/mol. The van der Waals surface area contributed by atoms with Crippen molar-refractivity contribution in [1.29, 1.82) is 0 Å². The molecule has 2 rings (SSSR count). The van der Waals surface area contributed by atoms with Crippen LogP contribution >= 0.6 is 22.0 Å². The maximum absolute atomic E-state index is 11.0. The summed E-state index contributed by atoms with van der Waals surface area (Å²) >= 11 is 1.17. The second-order valence-electron chi connectivity index (χ2n) is 3.28. The zero-order valence-corrected chi connectivity index (χ0v) is 9.92. The van der Waals surface area contributed by atoms with E-state index in [0.29, 0.717) is 0 Å². The van der Waals surface area contributed by atoms with E-state index in [-0.39, 0.29) is 4.34 Å². The quantitative estimate of drug-likeness (QED) is 0.702. The zero-order chi connectivity index (χ0) is 10.3. The van der Waals surface area contributed by atoms with Crippen molar-refractivity contribution in [3.05, 3.63) is 10.6 Å². The molecule has 0 saturated heterocycles. The number of halogens is 1. The first-order valence-electron chi connectivity index (χ1n) is 4.08. The molecule has 78 valence electrons. The molecule has 0 unspecified atom stereocenters. The van der Waals surface area contributed by atoms with E-state index in [9.17, 15) is 8.42 Å². The van der Waals surface area contributed by atoms with Crippen molar-refractivity contribution in [3.63, 3.8) is 0 Å². The number of hydrogen-bond acceptors (Lipinski definition) is 5. The molecule has 14 heavy (non-hydrogen) atoms. The van der Waals surface area contributed by atoms with Crippen LogP contribution in [0.2, 0.25) is 0 Å². The third-order valence-corrected chi connectivity index (χ3v) is 5.12. The molecule has 0 N–H and O–H groups in total. The molecule has 7 heteroatoms. The molecule has 0 atom stereocenters. The summed E-state index contributed by atoms with van der Waals surface area (Å²) in [6.45, 7) is 1.68. The van der Waals surface area contributed by atoms with Crippen LogP contribution in [0.1, 0.15) is 10.6 Å². The number of likely N-dealkylation sites (N-methyl/N-ethyl adjacent to an activating group) is 1. The summed E-state index contributed by atoms with van der Waals surface area (Å²) in [7, 11) is 3.57. The minimum Gasteiger partial charge on any atom is -0.301 e. The van der Waals surface area contributed by atoms with Gasteiger partial charge in [0, 0.05) is 35.1 Å². The average molecular weight is 253 g/mol. The number of rotatable bonds is 1. The summed E-state index contributed by atoms with van der Waals surface area (Å²) in [6, 6.07) is 0. The van der Waals surface area contributed by atoms with Gasteiger partial charge in [0.25, 0.3) is 9.05 Å². The molecule has 0 saturated carbocycles. The lowest BCUT2D eigenvalue weighted by Gasteiger charge is -2.20. The van der Waals surface area contributed by atoms with Crippen LogP contribution in [-0.4, -0.2) is 31.9 Å². The number of thiazole rings is 1. The highest BCUT2D eigenvalue weighted by atomic mass is 35.7. The molecule has 0 bridgehead atoms. The van der Waals surface area contributed by atoms with Gasteiger partial charge in [-0.15, -0.1) is 11.3 Å². The molecule has 0 amide bonds. The summed E-state index contributed by atoms with van der Waals surface area (Å²) in [6.07, 6.45) is 0.800. The van der Waals surface area contributed by atoms with E-state index >= 15 is 0 Å². The SMILES string of the molecule is CN1CCc2nc(S(=O)(=O)Cl)sc2C1. The molecule has 1 aliphatic rings. The van der Waals surface area contributed by atoms with Gasteiger partial charge < -0.3 is 4.90 Å². The fraction of sp³-hybridized carbons (Fsp3) is 0.571. The van der Waals surface area contributed by atoms with E-state index in [1.807, 2.05) is 7.05 Å². The molecule has 0 spiro atoms. The highest BCUT2D eigenvalue weighted by molar-refractivity contribution is 8.14. The Bertz CT molecular complexity index is 454. The molecule has 1 aromatic heterocycles. The van der Waals surface area contributed by atoms with Crippen LogP contribution in [0.3, 0.4) is 0 Å². The van der Waals surface area contributed by atoms with Crippen LogP contribution < -0.4 is 0 Å². The Labute approximate surface area is 90.9 Å². The number of hydrogen-bond donors (Lipinski definition) is 0. The maximum atomic E-state index is 11.0. The van der Waals surface area contributed by atoms with Crippen molar-refractivity contribution in [3.8, 4) is 0 Å². The molecule has 2 heterocycles. The van der Waals surface area contributed by atoms with Crippen molar-refractivity contribution >= 4 is 31.1 Å². The van der Waals surface area contributed by atoms with Crippen LogP contribution in [0.15, 0.2) is 4.34 Å². The molecule has 0 aliphatic carbocycles. The van der Waals surface area contributed by atoms with Crippen molar-refractivity contribution in [2.75, 3.05) is 13.6 Å². The van der Waals surface area contributed by atoms with Gasteiger partial charge in [-0.05, 0) is 7.05 Å². The number of aromatic nitrogens is 1. The molecule has 0 radical (unpaired) electrons. The smallest absolute Gasteiger partial charge is 0.288 e. The van der Waals surface area contributed by atoms with E-state index in [1.54, 1.807) is 0 Å². The largest absolute Gasteiger partial charge is 0.301 e. The minimum atomic E-state index is -3.65. The second-order valence-corrected chi connectivity index (χ2v) is 7.10. The number of fused-ring (bicyclic) bond motifs is 1. The Morgan fingerprint density at radius 1 is 1.57 bits per heavy atom. The van der Waals surface area contributed by atoms with Crippen LogP contribution in [0.4, 0.5) is 0 Å². The lowest BCUT2D eigenvalue weighted by atomic mass is 10.2. The monoisotopic (exact) mass is 252 g/mol. The minimum absolute atomic E-state index is 0.0273. The normalized spacial score (nSPS) is 18.1. The molecule has 4 nitrogen and oxygen atoms in total. The summed E-state index contributed by atoms with van der Waals surface area (Å²) < 4.78 is 22.1. The predicted octanol–water partition coefficient (Wildman–Crippen LogP) is 1.06. The van der Waals surface area contributed by atoms with Gasteiger partial charge in [0.15, 0.2) is 0 Å². The molecule has 0 aromatic carbocycles. The van der Waals surface area contributed by atoms with Gasteiger partial charge in [0.2, 0.25) is 4.34 Å². The van der Waals surface area contributed by atoms with Gasteiger partial charge in [0.1, 0.15) is 0 Å². The Kier molecular flexibility index (Phi) is 2.55. The Hall–Kier alpha value is -0.170. The third-order valence-electron chi connectivity index (χ3n) is 2.11. The van der Waals surface area contributed by atoms with Gasteiger partial charge in [-0.3, -0.25) is 0 Å². The standard InChI is InChI=1S/C7H9ClN2O2S2/c1-10-3-2-5-6(4-10)13-7(9-5)14(8,11)12/h2-4H2,1H3. The average Bonchev–Trinajstić information content (AvgIpc) is 2.45. The Morgan fingerprint density at radius 2 is 2.29 bits per heavy atom. The van der Waals surface area contributed by atoms with E-state index < -0.39 is 9.05 Å². The van der Waals surface area contributed by atoms with Gasteiger partial charge in [-0.2, -0.15) is 0 Å². The predicted molar refractivity (Wildman–Crippen MR) is 55.2 cm³/mol. The van der Waals surface area contributed by atoms with Gasteiger partial charge in [0.05, 0.1) is 5.69 Å². The van der Waals surface area contributed by atoms with Gasteiger partial charge in [-0.1, -0.05) is 0 Å². The highest BCUT2D eigenvalue weighted by Gasteiger charge is 2.23. The summed E-state index contributed by atoms with van der Waals surface area (Å²) in [4.78, 5) is 7.17. The molecule has 0 fully saturated rings. The van der Waals surface area contributed by atoms with Crippen molar-refractivity contribution in [1.82, 2.24) is 9.88 Å². The Morgan fingerprint density at radius 3 is 2.93 bits per heavy atom. The van der Waals surface area contributed by atoms with Crippen molar-refractivity contribution < 1.29 is 8.42 Å². The van der Waals surface area contributed by atoms with E-state index in [1.165, 1.54) is 11.3 Å². The summed E-state index contributed by atoms with van der Waals surface area (Å²) in [5, 5.41) is 0. The van der Waals surface area contributed by atoms with Crippen LogP contribution in [0.25, 0.3) is 0 Å². The molecule has 1 aromatic rings. The van der Waals surface area contributed by atoms with E-state index in [4.69, 9.17) is 10.7 Å². The fourth-order valence-corrected chi connectivity index (χ4v) is 3.63. The maximum Gasteiger partial charge on any atom is 0.288 e. The molecular formula is C7H9ClN2O2S2. The topological polar surface area (TPSA) is 50.3 Å². The van der Waals surface area contributed by atoms with Gasteiger partial charge in [-0.25, -0.2) is 13.4 Å². The van der Waals surface area contributed by atoms with Crippen LogP contribution in [0, 0.1) is 0 Å². The van der Waals surface area contributed by atoms with E-state index in [0.717, 1.165) is 30.1 Å². The second kappa shape index (κ2) is 3.44. The molecule has 1 aliphatic heterocycles. The summed E-state index contributed by atoms with van der Waals surface area (Å²) in [5.41, 5.74) is 0.882. The number of nitrogens with zero attached hydrogens (tertiary/aromatic N) is 2. The Balaban J connectivity index is 2.42. The van der Waals surface area contributed by atoms with Gasteiger partial charge >= 0.3 is 0 Å². The first-order valence-corrected chi connectivity index (χ1v) is 7.21. The highest BCUT2D eigenvalue weighted by Crippen LogP contribution is 2.28. The summed E-state index contributed by atoms with van der Waals surface area (Å²) in [5.74, 6) is 0. The first-order chi connectivity index (χ1) is 6.47. The van der Waals surface area contributed by atoms with E-state index in [2.05, 4.69) is 9.88 Å². The van der Waals surface area contributed by atoms with Crippen molar-refractivity contribution in [2.24, 2.45) is 0 Å². The van der Waals surface area contributed by atoms with Crippen molar-refractivity contribution in [2.45, 2.75) is 17.3 Å². The lowest BCUT2D eigenvalue weighted by Crippen LogP contribution is -2.25. The lowest BCUT2D eigenvalue weighted by molar-refractivity contribution is 0.314. The zero-order valence-electron chi connectivity index (χ0n) is 7.53. The third kappa shape index (κ3) is 1.93. The van der Waals surface area contributed by atoms with Crippen LogP contribution in [-0.2, 0) is 22.0 Å². The fourth-order valence-electron chi connectivity index (χ4n) is 1.40. The first kappa shape index (κ1) is 10.4.